The average molecular weight is 400 g/mol. The van der Waals surface area contributed by atoms with E-state index >= 15 is 0 Å². The molecule has 0 saturated heterocycles. The Kier molecular flexibility index (Phi) is 4.54. The molecule has 154 valence electrons. The van der Waals surface area contributed by atoms with Crippen LogP contribution in [0.25, 0.3) is 0 Å². The molecule has 0 unspecified atom stereocenters. The van der Waals surface area contributed by atoms with Crippen LogP contribution in [0.3, 0.4) is 0 Å². The van der Waals surface area contributed by atoms with E-state index in [0.29, 0.717) is 23.5 Å². The van der Waals surface area contributed by atoms with Crippen molar-refractivity contribution in [3.05, 3.63) is 23.3 Å². The summed E-state index contributed by atoms with van der Waals surface area (Å²) >= 11 is 0. The quantitative estimate of drug-likeness (QED) is 0.484. The van der Waals surface area contributed by atoms with Crippen LogP contribution in [0.2, 0.25) is 18.1 Å². The number of ketones is 1. The lowest BCUT2D eigenvalue weighted by molar-refractivity contribution is -0.129. The van der Waals surface area contributed by atoms with E-state index in [1.165, 1.54) is 17.5 Å². The number of rotatable bonds is 2. The van der Waals surface area contributed by atoms with Gasteiger partial charge < -0.3 is 10.2 Å². The molecule has 0 aromatic heterocycles. The van der Waals surface area contributed by atoms with E-state index < -0.39 is 8.32 Å². The number of carbonyl (C=O) groups is 1. The van der Waals surface area contributed by atoms with E-state index in [4.69, 9.17) is 10.2 Å². The first-order chi connectivity index (χ1) is 12.9. The third-order valence-corrected chi connectivity index (χ3v) is 13.1. The molecule has 2 fully saturated rings. The fourth-order valence-corrected chi connectivity index (χ4v) is 6.94. The Bertz CT molecular complexity index is 810. The van der Waals surface area contributed by atoms with Gasteiger partial charge >= 0.3 is 0 Å². The molecule has 1 aromatic rings. The molecule has 0 amide bonds. The Morgan fingerprint density at radius 2 is 1.86 bits per heavy atom. The smallest absolute Gasteiger partial charge is 0.250 e. The Morgan fingerprint density at radius 3 is 2.54 bits per heavy atom. The lowest BCUT2D eigenvalue weighted by Crippen LogP contribution is -2.44. The van der Waals surface area contributed by atoms with Gasteiger partial charge in [0.15, 0.2) is 0 Å². The number of benzene rings is 1. The average Bonchev–Trinajstić information content (AvgIpc) is 2.89. The monoisotopic (exact) mass is 399 g/mol. The zero-order valence-electron chi connectivity index (χ0n) is 18.5. The van der Waals surface area contributed by atoms with Crippen molar-refractivity contribution in [2.45, 2.75) is 90.3 Å². The van der Waals surface area contributed by atoms with Crippen LogP contribution in [-0.2, 0) is 11.2 Å². The molecule has 0 heterocycles. The molecule has 0 radical (unpaired) electrons. The maximum atomic E-state index is 12.5. The lowest BCUT2D eigenvalue weighted by atomic mass is 9.55. The molecule has 4 rings (SSSR count). The first kappa shape index (κ1) is 20.0. The van der Waals surface area contributed by atoms with Crippen molar-refractivity contribution in [2.24, 2.45) is 17.3 Å². The number of nitrogens with two attached hydrogens (primary N) is 1. The van der Waals surface area contributed by atoms with E-state index in [1.807, 2.05) is 0 Å². The lowest BCUT2D eigenvalue weighted by Gasteiger charge is -2.48. The largest absolute Gasteiger partial charge is 0.542 e. The van der Waals surface area contributed by atoms with Crippen molar-refractivity contribution < 1.29 is 9.22 Å². The van der Waals surface area contributed by atoms with Gasteiger partial charge in [0.1, 0.15) is 11.5 Å². The van der Waals surface area contributed by atoms with E-state index in [2.05, 4.69) is 52.9 Å². The van der Waals surface area contributed by atoms with Gasteiger partial charge in [-0.05, 0) is 91.2 Å². The first-order valence-corrected chi connectivity index (χ1v) is 14.0. The minimum Gasteiger partial charge on any atom is -0.542 e. The van der Waals surface area contributed by atoms with Crippen LogP contribution in [-0.4, -0.2) is 14.1 Å². The van der Waals surface area contributed by atoms with Crippen LogP contribution in [0.4, 0.5) is 5.69 Å². The number of Topliss-reactive ketones (excluding diaryl/α,β-unsaturated/α-hetero) is 1. The zero-order chi connectivity index (χ0) is 20.5. The normalized spacial score (nSPS) is 32.5. The van der Waals surface area contributed by atoms with Gasteiger partial charge in [-0.25, -0.2) is 0 Å². The number of aryl methyl sites for hydroxylation is 1. The van der Waals surface area contributed by atoms with E-state index in [0.717, 1.165) is 43.5 Å². The van der Waals surface area contributed by atoms with Crippen LogP contribution in [0.5, 0.6) is 5.75 Å². The fraction of sp³-hybridized carbons (Fsp3) is 0.708. The summed E-state index contributed by atoms with van der Waals surface area (Å²) in [5.74, 6) is 3.18. The second kappa shape index (κ2) is 6.35. The van der Waals surface area contributed by atoms with Gasteiger partial charge in [-0.1, -0.05) is 27.7 Å². The van der Waals surface area contributed by atoms with Crippen molar-refractivity contribution in [1.82, 2.24) is 0 Å². The minimum atomic E-state index is -1.91. The van der Waals surface area contributed by atoms with E-state index in [9.17, 15) is 4.79 Å². The summed E-state index contributed by atoms with van der Waals surface area (Å²) in [6.07, 6.45) is 6.34. The predicted octanol–water partition coefficient (Wildman–Crippen LogP) is 6.08. The Morgan fingerprint density at radius 1 is 1.14 bits per heavy atom. The molecular formula is C24H37NO2Si. The summed E-state index contributed by atoms with van der Waals surface area (Å²) in [6, 6.07) is 4.46. The standard InChI is InChI=1S/C24H37NO2Si/c1-23(2,3)28(5,6)27-21-13-15-7-8-17-16(18(15)14-20(21)25)11-12-24(4)19(17)9-10-22(24)26/h13-14,16-17,19H,7-12,25H2,1-6H3/t16-,17+,19-,24-/m0/s1. The Hall–Kier alpha value is -1.29. The van der Waals surface area contributed by atoms with E-state index in [-0.39, 0.29) is 10.5 Å². The van der Waals surface area contributed by atoms with Gasteiger partial charge in [-0.3, -0.25) is 4.79 Å². The number of hydrogen-bond donors (Lipinski definition) is 1. The third kappa shape index (κ3) is 2.94. The highest BCUT2D eigenvalue weighted by Crippen LogP contribution is 2.60. The van der Waals surface area contributed by atoms with Gasteiger partial charge in [-0.15, -0.1) is 0 Å². The molecule has 0 bridgehead atoms. The second-order valence-corrected chi connectivity index (χ2v) is 16.0. The maximum absolute atomic E-state index is 12.5. The predicted molar refractivity (Wildman–Crippen MR) is 118 cm³/mol. The molecule has 0 spiro atoms. The van der Waals surface area contributed by atoms with Crippen molar-refractivity contribution in [2.75, 3.05) is 5.73 Å². The Balaban J connectivity index is 1.64. The second-order valence-electron chi connectivity index (χ2n) is 11.3. The molecule has 1 aromatic carbocycles. The van der Waals surface area contributed by atoms with Gasteiger partial charge in [0.05, 0.1) is 5.69 Å². The fourth-order valence-electron chi connectivity index (χ4n) is 5.90. The van der Waals surface area contributed by atoms with Crippen molar-refractivity contribution in [1.29, 1.82) is 0 Å². The number of fused-ring (bicyclic) bond motifs is 5. The molecule has 2 N–H and O–H groups in total. The molecule has 4 atom stereocenters. The van der Waals surface area contributed by atoms with Crippen molar-refractivity contribution in [3.63, 3.8) is 0 Å². The molecule has 3 aliphatic carbocycles. The molecule has 2 saturated carbocycles. The Labute approximate surface area is 171 Å². The van der Waals surface area contributed by atoms with Crippen LogP contribution in [0.1, 0.15) is 76.8 Å². The minimum absolute atomic E-state index is 0.0599. The van der Waals surface area contributed by atoms with Gasteiger partial charge in [0.25, 0.3) is 8.32 Å². The molecule has 3 aliphatic rings. The maximum Gasteiger partial charge on any atom is 0.250 e. The number of carbonyl (C=O) groups excluding carboxylic acids is 1. The topological polar surface area (TPSA) is 52.3 Å². The van der Waals surface area contributed by atoms with Crippen molar-refractivity contribution in [3.8, 4) is 5.75 Å². The molecule has 0 aliphatic heterocycles. The number of nitrogen functional groups attached to an aromatic ring is 1. The summed E-state index contributed by atoms with van der Waals surface area (Å²) in [5, 5.41) is 0.156. The molecule has 4 heteroatoms. The number of hydrogen-bond acceptors (Lipinski definition) is 3. The molecule has 3 nitrogen and oxygen atoms in total. The van der Waals surface area contributed by atoms with Crippen LogP contribution >= 0.6 is 0 Å². The van der Waals surface area contributed by atoms with Crippen LogP contribution in [0.15, 0.2) is 12.1 Å². The highest BCUT2D eigenvalue weighted by molar-refractivity contribution is 6.74. The van der Waals surface area contributed by atoms with E-state index in [1.54, 1.807) is 0 Å². The molecular weight excluding hydrogens is 362 g/mol. The van der Waals surface area contributed by atoms with Crippen LogP contribution < -0.4 is 10.2 Å². The van der Waals surface area contributed by atoms with Gasteiger partial charge in [0, 0.05) is 11.8 Å². The third-order valence-electron chi connectivity index (χ3n) is 8.74. The highest BCUT2D eigenvalue weighted by Gasteiger charge is 2.54. The number of anilines is 1. The van der Waals surface area contributed by atoms with Gasteiger partial charge in [0.2, 0.25) is 0 Å². The van der Waals surface area contributed by atoms with Crippen molar-refractivity contribution >= 4 is 19.8 Å². The molecule has 28 heavy (non-hydrogen) atoms. The summed E-state index contributed by atoms with van der Waals surface area (Å²) < 4.78 is 6.57. The van der Waals surface area contributed by atoms with Crippen LogP contribution in [0, 0.1) is 17.3 Å². The first-order valence-electron chi connectivity index (χ1n) is 11.1. The summed E-state index contributed by atoms with van der Waals surface area (Å²) in [5.41, 5.74) is 10.1. The zero-order valence-corrected chi connectivity index (χ0v) is 19.5. The summed E-state index contributed by atoms with van der Waals surface area (Å²) in [7, 11) is -1.91. The van der Waals surface area contributed by atoms with Gasteiger partial charge in [-0.2, -0.15) is 0 Å². The SMILES string of the molecule is CC(C)(C)[Si](C)(C)Oc1cc2c(cc1N)[C@H]1CC[C@]3(C)C(=O)CC[C@H]3[C@@H]1CC2. The summed E-state index contributed by atoms with van der Waals surface area (Å²) in [6.45, 7) is 13.6. The summed E-state index contributed by atoms with van der Waals surface area (Å²) in [4.78, 5) is 12.5. The highest BCUT2D eigenvalue weighted by atomic mass is 28.4.